The Morgan fingerprint density at radius 3 is 2.81 bits per heavy atom. The molecule has 1 aliphatic carbocycles. The van der Waals surface area contributed by atoms with Crippen molar-refractivity contribution in [2.24, 2.45) is 0 Å². The van der Waals surface area contributed by atoms with E-state index < -0.39 is 15.8 Å². The van der Waals surface area contributed by atoms with Crippen LogP contribution in [0.5, 0.6) is 0 Å². The lowest BCUT2D eigenvalue weighted by atomic mass is 9.88. The Morgan fingerprint density at radius 2 is 2.00 bits per heavy atom. The summed E-state index contributed by atoms with van der Waals surface area (Å²) in [5.41, 5.74) is 8.98. The van der Waals surface area contributed by atoms with Gasteiger partial charge in [0.1, 0.15) is 10.7 Å². The number of nitrogens with one attached hydrogen (secondary N) is 4. The second-order valence-electron chi connectivity index (χ2n) is 5.33. The monoisotopic (exact) mass is 334 g/mol. The maximum absolute atomic E-state index is 13.3. The van der Waals surface area contributed by atoms with Crippen LogP contribution in [0.1, 0.15) is 19.3 Å². The zero-order chi connectivity index (χ0) is 15.0. The van der Waals surface area contributed by atoms with Gasteiger partial charge in [-0.15, -0.1) is 0 Å². The van der Waals surface area contributed by atoms with Crippen LogP contribution in [0.25, 0.3) is 0 Å². The van der Waals surface area contributed by atoms with Crippen molar-refractivity contribution in [2.45, 2.75) is 42.3 Å². The summed E-state index contributed by atoms with van der Waals surface area (Å²) >= 11 is 5.87. The van der Waals surface area contributed by atoms with E-state index in [0.29, 0.717) is 18.9 Å². The van der Waals surface area contributed by atoms with E-state index >= 15 is 0 Å². The molecule has 3 unspecified atom stereocenters. The fourth-order valence-electron chi connectivity index (χ4n) is 2.80. The molecule has 0 amide bonds. The Kier molecular flexibility index (Phi) is 4.17. The van der Waals surface area contributed by atoms with Crippen molar-refractivity contribution in [3.05, 3.63) is 29.0 Å². The fourth-order valence-corrected chi connectivity index (χ4v) is 4.60. The minimum Gasteiger partial charge on any atom is -0.240 e. The summed E-state index contributed by atoms with van der Waals surface area (Å²) < 4.78 is 40.6. The van der Waals surface area contributed by atoms with Crippen molar-refractivity contribution in [3.8, 4) is 0 Å². The van der Waals surface area contributed by atoms with Gasteiger partial charge in [-0.25, -0.2) is 28.4 Å². The Balaban J connectivity index is 1.75. The van der Waals surface area contributed by atoms with Crippen LogP contribution in [-0.2, 0) is 10.0 Å². The molecule has 1 aliphatic heterocycles. The average molecular weight is 335 g/mol. The molecule has 4 N–H and O–H groups in total. The van der Waals surface area contributed by atoms with Gasteiger partial charge in [-0.2, -0.15) is 5.53 Å². The molecule has 1 aromatic rings. The highest BCUT2D eigenvalue weighted by Crippen LogP contribution is 2.25. The standard InChI is InChI=1S/C12H16ClFN4O2S/c13-9-3-1-7(14)5-12(9)21(19,20)17-8-2-4-10-11(6-8)16-18-15-10/h1,3,5,8,10-11,15-18H,2,4,6H2. The number of sulfonamides is 1. The SMILES string of the molecule is O=S(=O)(NC1CCC2NNNC2C1)c1cc(F)ccc1Cl. The molecular weight excluding hydrogens is 319 g/mol. The van der Waals surface area contributed by atoms with Crippen LogP contribution in [0.2, 0.25) is 5.02 Å². The molecule has 0 aromatic heterocycles. The molecule has 0 radical (unpaired) electrons. The highest BCUT2D eigenvalue weighted by molar-refractivity contribution is 7.89. The molecule has 21 heavy (non-hydrogen) atoms. The van der Waals surface area contributed by atoms with Crippen LogP contribution >= 0.6 is 11.6 Å². The summed E-state index contributed by atoms with van der Waals surface area (Å²) in [7, 11) is -3.83. The number of rotatable bonds is 3. The van der Waals surface area contributed by atoms with Crippen molar-refractivity contribution in [2.75, 3.05) is 0 Å². The van der Waals surface area contributed by atoms with Gasteiger partial charge >= 0.3 is 0 Å². The number of fused-ring (bicyclic) bond motifs is 1. The smallest absolute Gasteiger partial charge is 0.240 e. The molecule has 2 fully saturated rings. The van der Waals surface area contributed by atoms with Gasteiger partial charge in [0.2, 0.25) is 10.0 Å². The van der Waals surface area contributed by atoms with E-state index in [1.54, 1.807) is 0 Å². The zero-order valence-corrected chi connectivity index (χ0v) is 12.6. The largest absolute Gasteiger partial charge is 0.242 e. The third-order valence-corrected chi connectivity index (χ3v) is 5.87. The second kappa shape index (κ2) is 5.79. The molecule has 1 aromatic carbocycles. The van der Waals surface area contributed by atoms with Crippen molar-refractivity contribution >= 4 is 21.6 Å². The number of hydrogen-bond acceptors (Lipinski definition) is 5. The van der Waals surface area contributed by atoms with E-state index in [4.69, 9.17) is 11.6 Å². The molecule has 2 aliphatic rings. The number of halogens is 2. The van der Waals surface area contributed by atoms with Crippen molar-refractivity contribution in [1.29, 1.82) is 0 Å². The quantitative estimate of drug-likeness (QED) is 0.653. The summed E-state index contributed by atoms with van der Waals surface area (Å²) in [4.78, 5) is -0.220. The maximum atomic E-state index is 13.3. The molecule has 3 atom stereocenters. The Labute approximate surface area is 127 Å². The molecule has 0 spiro atoms. The molecule has 116 valence electrons. The van der Waals surface area contributed by atoms with Crippen LogP contribution in [0.3, 0.4) is 0 Å². The van der Waals surface area contributed by atoms with Gasteiger partial charge in [0.15, 0.2) is 0 Å². The number of benzene rings is 1. The van der Waals surface area contributed by atoms with Gasteiger partial charge in [-0.05, 0) is 37.5 Å². The maximum Gasteiger partial charge on any atom is 0.242 e. The molecule has 6 nitrogen and oxygen atoms in total. The predicted molar refractivity (Wildman–Crippen MR) is 76.4 cm³/mol. The first-order valence-electron chi connectivity index (χ1n) is 6.69. The third kappa shape index (κ3) is 3.20. The third-order valence-electron chi connectivity index (χ3n) is 3.87. The number of hydrazine groups is 2. The predicted octanol–water partition coefficient (Wildman–Crippen LogP) is 0.659. The topological polar surface area (TPSA) is 82.3 Å². The van der Waals surface area contributed by atoms with Gasteiger partial charge in [-0.1, -0.05) is 11.6 Å². The van der Waals surface area contributed by atoms with E-state index in [-0.39, 0.29) is 22.0 Å². The molecule has 1 heterocycles. The van der Waals surface area contributed by atoms with Crippen LogP contribution < -0.4 is 21.1 Å². The lowest BCUT2D eigenvalue weighted by Crippen LogP contribution is -2.47. The van der Waals surface area contributed by atoms with Crippen LogP contribution in [0, 0.1) is 5.82 Å². The first-order valence-corrected chi connectivity index (χ1v) is 8.55. The molecule has 9 heteroatoms. The van der Waals surface area contributed by atoms with E-state index in [2.05, 4.69) is 21.1 Å². The highest BCUT2D eigenvalue weighted by atomic mass is 35.5. The van der Waals surface area contributed by atoms with E-state index in [0.717, 1.165) is 18.6 Å². The molecule has 0 bridgehead atoms. The average Bonchev–Trinajstić information content (AvgIpc) is 2.88. The Bertz CT molecular complexity index is 642. The van der Waals surface area contributed by atoms with Gasteiger partial charge in [0.25, 0.3) is 0 Å². The minimum atomic E-state index is -3.83. The van der Waals surface area contributed by atoms with Gasteiger partial charge in [0, 0.05) is 18.1 Å². The van der Waals surface area contributed by atoms with Crippen molar-refractivity contribution in [1.82, 2.24) is 21.1 Å². The summed E-state index contributed by atoms with van der Waals surface area (Å²) in [6, 6.07) is 3.57. The summed E-state index contributed by atoms with van der Waals surface area (Å²) in [6.07, 6.45) is 2.20. The first kappa shape index (κ1) is 15.1. The Morgan fingerprint density at radius 1 is 1.24 bits per heavy atom. The molecule has 1 saturated carbocycles. The fraction of sp³-hybridized carbons (Fsp3) is 0.500. The lowest BCUT2D eigenvalue weighted by molar-refractivity contribution is 0.323. The number of hydrogen-bond donors (Lipinski definition) is 4. The normalized spacial score (nSPS) is 29.3. The lowest BCUT2D eigenvalue weighted by Gasteiger charge is -2.30. The van der Waals surface area contributed by atoms with Crippen LogP contribution in [-0.4, -0.2) is 26.5 Å². The van der Waals surface area contributed by atoms with E-state index in [9.17, 15) is 12.8 Å². The van der Waals surface area contributed by atoms with E-state index in [1.807, 2.05) is 0 Å². The van der Waals surface area contributed by atoms with Gasteiger partial charge in [0.05, 0.1) is 5.02 Å². The summed E-state index contributed by atoms with van der Waals surface area (Å²) in [6.45, 7) is 0. The van der Waals surface area contributed by atoms with Crippen LogP contribution in [0.4, 0.5) is 4.39 Å². The summed E-state index contributed by atoms with van der Waals surface area (Å²) in [5, 5.41) is 0.0138. The first-order chi connectivity index (χ1) is 9.95. The zero-order valence-electron chi connectivity index (χ0n) is 11.1. The van der Waals surface area contributed by atoms with Crippen molar-refractivity contribution < 1.29 is 12.8 Å². The summed E-state index contributed by atoms with van der Waals surface area (Å²) in [5.74, 6) is -0.630. The van der Waals surface area contributed by atoms with E-state index in [1.165, 1.54) is 6.07 Å². The van der Waals surface area contributed by atoms with Gasteiger partial charge in [-0.3, -0.25) is 0 Å². The highest BCUT2D eigenvalue weighted by Gasteiger charge is 2.35. The Hall–Kier alpha value is -0.770. The molecule has 3 rings (SSSR count). The van der Waals surface area contributed by atoms with Crippen molar-refractivity contribution in [3.63, 3.8) is 0 Å². The molecular formula is C12H16ClFN4O2S. The van der Waals surface area contributed by atoms with Crippen LogP contribution in [0.15, 0.2) is 23.1 Å². The second-order valence-corrected chi connectivity index (χ2v) is 7.42. The molecule has 1 saturated heterocycles. The minimum absolute atomic E-state index is 0.0138. The van der Waals surface area contributed by atoms with Gasteiger partial charge < -0.3 is 0 Å².